The van der Waals surface area contributed by atoms with Crippen LogP contribution in [0.1, 0.15) is 26.7 Å². The number of hydrogen-bond acceptors (Lipinski definition) is 3. The van der Waals surface area contributed by atoms with Crippen LogP contribution in [0.2, 0.25) is 5.02 Å². The Morgan fingerprint density at radius 1 is 1.30 bits per heavy atom. The van der Waals surface area contributed by atoms with E-state index in [1.54, 1.807) is 31.3 Å². The standard InChI is InChI=1S/C16H24ClN3O2.ClH/c1-4-16(5-2,11-18)15(22)20(3)10-14(21)19-13-8-6-7-12(17)9-13;/h6-9H,4-5,10-11,18H2,1-3H3,(H,19,21);1H. The van der Waals surface area contributed by atoms with E-state index in [2.05, 4.69) is 5.32 Å². The van der Waals surface area contributed by atoms with E-state index >= 15 is 0 Å². The van der Waals surface area contributed by atoms with Crippen molar-refractivity contribution in [2.75, 3.05) is 25.5 Å². The molecule has 2 amide bonds. The topological polar surface area (TPSA) is 75.4 Å². The van der Waals surface area contributed by atoms with Gasteiger partial charge < -0.3 is 16.0 Å². The molecule has 0 unspecified atom stereocenters. The van der Waals surface area contributed by atoms with Gasteiger partial charge in [-0.3, -0.25) is 9.59 Å². The number of benzene rings is 1. The minimum absolute atomic E-state index is 0. The molecule has 0 fully saturated rings. The highest BCUT2D eigenvalue weighted by Gasteiger charge is 2.36. The maximum atomic E-state index is 12.5. The van der Waals surface area contributed by atoms with E-state index in [-0.39, 0.29) is 37.3 Å². The van der Waals surface area contributed by atoms with Crippen molar-refractivity contribution in [2.45, 2.75) is 26.7 Å². The Morgan fingerprint density at radius 3 is 2.39 bits per heavy atom. The maximum Gasteiger partial charge on any atom is 0.243 e. The fourth-order valence-corrected chi connectivity index (χ4v) is 2.58. The van der Waals surface area contributed by atoms with Gasteiger partial charge in [-0.05, 0) is 31.0 Å². The SMILES string of the molecule is CCC(CC)(CN)C(=O)N(C)CC(=O)Nc1cccc(Cl)c1.Cl. The number of carbonyl (C=O) groups is 2. The van der Waals surface area contributed by atoms with Gasteiger partial charge in [-0.25, -0.2) is 0 Å². The summed E-state index contributed by atoms with van der Waals surface area (Å²) in [6.07, 6.45) is 1.30. The van der Waals surface area contributed by atoms with Crippen molar-refractivity contribution >= 4 is 41.5 Å². The van der Waals surface area contributed by atoms with Crippen LogP contribution in [-0.4, -0.2) is 36.9 Å². The van der Waals surface area contributed by atoms with E-state index in [1.807, 2.05) is 13.8 Å². The molecule has 1 aromatic rings. The average Bonchev–Trinajstić information content (AvgIpc) is 2.49. The predicted octanol–water partition coefficient (Wildman–Crippen LogP) is 2.92. The third-order valence-electron chi connectivity index (χ3n) is 4.03. The van der Waals surface area contributed by atoms with Gasteiger partial charge in [0.1, 0.15) is 0 Å². The molecule has 0 saturated carbocycles. The van der Waals surface area contributed by atoms with Crippen molar-refractivity contribution in [1.82, 2.24) is 4.90 Å². The molecule has 0 spiro atoms. The molecule has 0 bridgehead atoms. The Labute approximate surface area is 149 Å². The number of rotatable bonds is 7. The number of anilines is 1. The second kappa shape index (κ2) is 9.75. The third kappa shape index (κ3) is 5.68. The summed E-state index contributed by atoms with van der Waals surface area (Å²) in [5.74, 6) is -0.363. The molecule has 23 heavy (non-hydrogen) atoms. The van der Waals surface area contributed by atoms with Crippen LogP contribution in [0.3, 0.4) is 0 Å². The normalized spacial score (nSPS) is 10.7. The molecule has 3 N–H and O–H groups in total. The van der Waals surface area contributed by atoms with Crippen LogP contribution in [0.15, 0.2) is 24.3 Å². The first-order chi connectivity index (χ1) is 10.4. The first-order valence-corrected chi connectivity index (χ1v) is 7.77. The summed E-state index contributed by atoms with van der Waals surface area (Å²) in [4.78, 5) is 26.0. The molecule has 0 atom stereocenters. The molecule has 5 nitrogen and oxygen atoms in total. The van der Waals surface area contributed by atoms with Crippen LogP contribution in [0.5, 0.6) is 0 Å². The largest absolute Gasteiger partial charge is 0.336 e. The van der Waals surface area contributed by atoms with Gasteiger partial charge in [0.25, 0.3) is 0 Å². The molecule has 7 heteroatoms. The first-order valence-electron chi connectivity index (χ1n) is 7.39. The Kier molecular flexibility index (Phi) is 9.20. The van der Waals surface area contributed by atoms with Crippen molar-refractivity contribution in [1.29, 1.82) is 0 Å². The number of carbonyl (C=O) groups excluding carboxylic acids is 2. The van der Waals surface area contributed by atoms with E-state index in [1.165, 1.54) is 4.90 Å². The summed E-state index contributed by atoms with van der Waals surface area (Å²) in [5, 5.41) is 3.27. The van der Waals surface area contributed by atoms with Crippen molar-refractivity contribution in [3.63, 3.8) is 0 Å². The van der Waals surface area contributed by atoms with Gasteiger partial charge in [0, 0.05) is 24.3 Å². The molecular weight excluding hydrogens is 337 g/mol. The highest BCUT2D eigenvalue weighted by atomic mass is 35.5. The van der Waals surface area contributed by atoms with Gasteiger partial charge in [0.15, 0.2) is 0 Å². The van der Waals surface area contributed by atoms with Crippen LogP contribution < -0.4 is 11.1 Å². The van der Waals surface area contributed by atoms with Gasteiger partial charge in [-0.15, -0.1) is 12.4 Å². The van der Waals surface area contributed by atoms with Crippen molar-refractivity contribution in [3.8, 4) is 0 Å². The second-order valence-electron chi connectivity index (χ2n) is 5.41. The molecular formula is C16H25Cl2N3O2. The zero-order valence-corrected chi connectivity index (χ0v) is 15.3. The molecule has 0 aliphatic rings. The van der Waals surface area contributed by atoms with E-state index in [0.717, 1.165) is 0 Å². The minimum Gasteiger partial charge on any atom is -0.336 e. The van der Waals surface area contributed by atoms with Gasteiger partial charge in [0.2, 0.25) is 11.8 Å². The lowest BCUT2D eigenvalue weighted by Gasteiger charge is -2.33. The summed E-state index contributed by atoms with van der Waals surface area (Å²) >= 11 is 5.87. The summed E-state index contributed by atoms with van der Waals surface area (Å²) in [6, 6.07) is 6.88. The molecule has 0 aliphatic carbocycles. The van der Waals surface area contributed by atoms with E-state index in [9.17, 15) is 9.59 Å². The number of likely N-dealkylation sites (N-methyl/N-ethyl adjacent to an activating group) is 1. The molecule has 0 heterocycles. The lowest BCUT2D eigenvalue weighted by atomic mass is 9.81. The Hall–Kier alpha value is -1.30. The van der Waals surface area contributed by atoms with Gasteiger partial charge in [0.05, 0.1) is 12.0 Å². The number of halogens is 2. The fraction of sp³-hybridized carbons (Fsp3) is 0.500. The first kappa shape index (κ1) is 21.7. The van der Waals surface area contributed by atoms with Crippen LogP contribution in [0.4, 0.5) is 5.69 Å². The van der Waals surface area contributed by atoms with Crippen LogP contribution in [-0.2, 0) is 9.59 Å². The van der Waals surface area contributed by atoms with Gasteiger partial charge in [-0.1, -0.05) is 31.5 Å². The van der Waals surface area contributed by atoms with Crippen molar-refractivity contribution in [2.24, 2.45) is 11.1 Å². The molecule has 130 valence electrons. The predicted molar refractivity (Wildman–Crippen MR) is 97.0 cm³/mol. The summed E-state index contributed by atoms with van der Waals surface area (Å²) in [6.45, 7) is 4.13. The molecule has 0 saturated heterocycles. The van der Waals surface area contributed by atoms with E-state index in [0.29, 0.717) is 23.6 Å². The molecule has 0 aliphatic heterocycles. The zero-order chi connectivity index (χ0) is 16.8. The third-order valence-corrected chi connectivity index (χ3v) is 4.27. The van der Waals surface area contributed by atoms with Gasteiger partial charge >= 0.3 is 0 Å². The average molecular weight is 362 g/mol. The number of nitrogens with zero attached hydrogens (tertiary/aromatic N) is 1. The number of nitrogens with two attached hydrogens (primary N) is 1. The zero-order valence-electron chi connectivity index (χ0n) is 13.8. The smallest absolute Gasteiger partial charge is 0.243 e. The lowest BCUT2D eigenvalue weighted by Crippen LogP contribution is -2.48. The number of amides is 2. The quantitative estimate of drug-likeness (QED) is 0.783. The van der Waals surface area contributed by atoms with E-state index < -0.39 is 5.41 Å². The fourth-order valence-electron chi connectivity index (χ4n) is 2.39. The highest BCUT2D eigenvalue weighted by Crippen LogP contribution is 2.27. The lowest BCUT2D eigenvalue weighted by molar-refractivity contribution is -0.142. The summed E-state index contributed by atoms with van der Waals surface area (Å²) in [7, 11) is 1.62. The Morgan fingerprint density at radius 2 is 1.91 bits per heavy atom. The van der Waals surface area contributed by atoms with E-state index in [4.69, 9.17) is 17.3 Å². The minimum atomic E-state index is -0.592. The Balaban J connectivity index is 0.00000484. The van der Waals surface area contributed by atoms with Crippen LogP contribution in [0.25, 0.3) is 0 Å². The molecule has 0 radical (unpaired) electrons. The monoisotopic (exact) mass is 361 g/mol. The number of nitrogens with one attached hydrogen (secondary N) is 1. The maximum absolute atomic E-state index is 12.5. The highest BCUT2D eigenvalue weighted by molar-refractivity contribution is 6.30. The van der Waals surface area contributed by atoms with Crippen molar-refractivity contribution < 1.29 is 9.59 Å². The van der Waals surface area contributed by atoms with Crippen molar-refractivity contribution in [3.05, 3.63) is 29.3 Å². The van der Waals surface area contributed by atoms with Crippen LogP contribution >= 0.6 is 24.0 Å². The number of hydrogen-bond donors (Lipinski definition) is 2. The molecule has 1 rings (SSSR count). The molecule has 1 aromatic carbocycles. The second-order valence-corrected chi connectivity index (χ2v) is 5.85. The van der Waals surface area contributed by atoms with Crippen LogP contribution in [0, 0.1) is 5.41 Å². The summed E-state index contributed by atoms with van der Waals surface area (Å²) in [5.41, 5.74) is 5.79. The summed E-state index contributed by atoms with van der Waals surface area (Å²) < 4.78 is 0. The molecule has 0 aromatic heterocycles. The Bertz CT molecular complexity index is 526. The van der Waals surface area contributed by atoms with Gasteiger partial charge in [-0.2, -0.15) is 0 Å².